The summed E-state index contributed by atoms with van der Waals surface area (Å²) in [6.07, 6.45) is 0.785. The molecule has 8 nitrogen and oxygen atoms in total. The summed E-state index contributed by atoms with van der Waals surface area (Å²) in [4.78, 5) is 26.8. The molecule has 1 aromatic carbocycles. The highest BCUT2D eigenvalue weighted by atomic mass is 16.5. The largest absolute Gasteiger partial charge is 0.508 e. The van der Waals surface area contributed by atoms with Crippen molar-refractivity contribution >= 4 is 11.9 Å². The quantitative estimate of drug-likeness (QED) is 0.653. The molecule has 0 unspecified atom stereocenters. The second kappa shape index (κ2) is 10.5. The third kappa shape index (κ3) is 6.74. The van der Waals surface area contributed by atoms with Crippen LogP contribution in [-0.4, -0.2) is 60.3 Å². The first-order chi connectivity index (χ1) is 13.4. The summed E-state index contributed by atoms with van der Waals surface area (Å²) in [6.45, 7) is 5.89. The Labute approximate surface area is 165 Å². The van der Waals surface area contributed by atoms with Crippen molar-refractivity contribution in [2.45, 2.75) is 38.8 Å². The maximum absolute atomic E-state index is 12.8. The number of morpholine rings is 1. The SMILES string of the molecule is CC(C)C[C@H](NC(=O)N1CCOCC1)C(=O)N[C@H](C#N)Cc1ccc(O)cc1. The minimum atomic E-state index is -0.730. The third-order valence-corrected chi connectivity index (χ3v) is 4.47. The fraction of sp³-hybridized carbons (Fsp3) is 0.550. The molecule has 1 aliphatic rings. The van der Waals surface area contributed by atoms with Crippen LogP contribution in [0.2, 0.25) is 0 Å². The first-order valence-corrected chi connectivity index (χ1v) is 9.50. The van der Waals surface area contributed by atoms with E-state index in [-0.39, 0.29) is 23.6 Å². The van der Waals surface area contributed by atoms with Gasteiger partial charge >= 0.3 is 6.03 Å². The van der Waals surface area contributed by atoms with Crippen molar-refractivity contribution in [3.63, 3.8) is 0 Å². The summed E-state index contributed by atoms with van der Waals surface area (Å²) < 4.78 is 5.25. The van der Waals surface area contributed by atoms with Crippen molar-refractivity contribution in [3.05, 3.63) is 29.8 Å². The van der Waals surface area contributed by atoms with Crippen LogP contribution >= 0.6 is 0 Å². The number of hydrogen-bond acceptors (Lipinski definition) is 5. The molecule has 0 saturated carbocycles. The Hall–Kier alpha value is -2.79. The lowest BCUT2D eigenvalue weighted by atomic mass is 10.0. The molecule has 2 atom stereocenters. The monoisotopic (exact) mass is 388 g/mol. The van der Waals surface area contributed by atoms with Crippen molar-refractivity contribution in [2.24, 2.45) is 5.92 Å². The zero-order chi connectivity index (χ0) is 20.5. The predicted molar refractivity (Wildman–Crippen MR) is 104 cm³/mol. The molecule has 0 bridgehead atoms. The summed E-state index contributed by atoms with van der Waals surface area (Å²) in [5.41, 5.74) is 0.822. The highest BCUT2D eigenvalue weighted by Gasteiger charge is 2.27. The number of benzene rings is 1. The number of ether oxygens (including phenoxy) is 1. The smallest absolute Gasteiger partial charge is 0.318 e. The number of phenols is 1. The van der Waals surface area contributed by atoms with Crippen LogP contribution in [0.25, 0.3) is 0 Å². The molecule has 3 amide bonds. The number of aromatic hydroxyl groups is 1. The fourth-order valence-electron chi connectivity index (χ4n) is 2.98. The maximum atomic E-state index is 12.8. The van der Waals surface area contributed by atoms with Crippen LogP contribution in [0.4, 0.5) is 4.79 Å². The van der Waals surface area contributed by atoms with E-state index in [1.54, 1.807) is 17.0 Å². The van der Waals surface area contributed by atoms with E-state index in [2.05, 4.69) is 16.7 Å². The van der Waals surface area contributed by atoms with Gasteiger partial charge < -0.3 is 25.4 Å². The molecular weight excluding hydrogens is 360 g/mol. The number of carbonyl (C=O) groups excluding carboxylic acids is 2. The zero-order valence-corrected chi connectivity index (χ0v) is 16.4. The number of rotatable bonds is 7. The standard InChI is InChI=1S/C20H28N4O4/c1-14(2)11-18(23-20(27)24-7-9-28-10-8-24)19(26)22-16(13-21)12-15-3-5-17(25)6-4-15/h3-6,14,16,18,25H,7-12H2,1-2H3,(H,22,26)(H,23,27)/t16-,18-/m0/s1. The number of phenolic OH excluding ortho intramolecular Hbond substituents is 1. The molecule has 0 radical (unpaired) electrons. The van der Waals surface area contributed by atoms with Gasteiger partial charge in [0.05, 0.1) is 19.3 Å². The Bertz CT molecular complexity index is 693. The number of nitrogens with one attached hydrogen (secondary N) is 2. The molecular formula is C20H28N4O4. The molecule has 1 aliphatic heterocycles. The predicted octanol–water partition coefficient (Wildman–Crippen LogP) is 1.40. The van der Waals surface area contributed by atoms with Crippen molar-refractivity contribution < 1.29 is 19.4 Å². The number of carbonyl (C=O) groups is 2. The van der Waals surface area contributed by atoms with Gasteiger partial charge in [0.1, 0.15) is 17.8 Å². The van der Waals surface area contributed by atoms with Crippen molar-refractivity contribution in [2.75, 3.05) is 26.3 Å². The van der Waals surface area contributed by atoms with Crippen LogP contribution < -0.4 is 10.6 Å². The summed E-state index contributed by atoms with van der Waals surface area (Å²) in [5.74, 6) is -0.0388. The van der Waals surface area contributed by atoms with E-state index >= 15 is 0 Å². The van der Waals surface area contributed by atoms with E-state index in [0.717, 1.165) is 5.56 Å². The Morgan fingerprint density at radius 2 is 1.86 bits per heavy atom. The molecule has 8 heteroatoms. The van der Waals surface area contributed by atoms with Crippen LogP contribution in [0, 0.1) is 17.2 Å². The molecule has 28 heavy (non-hydrogen) atoms. The maximum Gasteiger partial charge on any atom is 0.318 e. The molecule has 1 aromatic rings. The van der Waals surface area contributed by atoms with Gasteiger partial charge in [-0.1, -0.05) is 26.0 Å². The van der Waals surface area contributed by atoms with Gasteiger partial charge in [0.2, 0.25) is 5.91 Å². The van der Waals surface area contributed by atoms with Gasteiger partial charge in [-0.15, -0.1) is 0 Å². The average Bonchev–Trinajstić information content (AvgIpc) is 2.68. The molecule has 0 aromatic heterocycles. The molecule has 2 rings (SSSR count). The molecule has 152 valence electrons. The van der Waals surface area contributed by atoms with E-state index in [9.17, 15) is 20.0 Å². The van der Waals surface area contributed by atoms with E-state index in [4.69, 9.17) is 4.74 Å². The summed E-state index contributed by atoms with van der Waals surface area (Å²) in [5, 5.41) is 24.3. The zero-order valence-electron chi connectivity index (χ0n) is 16.4. The van der Waals surface area contributed by atoms with E-state index in [0.29, 0.717) is 39.1 Å². The minimum absolute atomic E-state index is 0.143. The summed E-state index contributed by atoms with van der Waals surface area (Å²) in [6, 6.07) is 6.83. The molecule has 1 saturated heterocycles. The van der Waals surface area contributed by atoms with Gasteiger partial charge in [0, 0.05) is 19.5 Å². The molecule has 1 fully saturated rings. The normalized spacial score (nSPS) is 16.1. The van der Waals surface area contributed by atoms with Crippen molar-refractivity contribution in [1.29, 1.82) is 5.26 Å². The van der Waals surface area contributed by atoms with Crippen LogP contribution in [-0.2, 0) is 16.0 Å². The Balaban J connectivity index is 1.98. The number of nitrogens with zero attached hydrogens (tertiary/aromatic N) is 2. The van der Waals surface area contributed by atoms with E-state index in [1.165, 1.54) is 12.1 Å². The van der Waals surface area contributed by atoms with Gasteiger partial charge in [-0.05, 0) is 30.0 Å². The lowest BCUT2D eigenvalue weighted by Gasteiger charge is -2.29. The van der Waals surface area contributed by atoms with Crippen LogP contribution in [0.5, 0.6) is 5.75 Å². The van der Waals surface area contributed by atoms with Crippen LogP contribution in [0.15, 0.2) is 24.3 Å². The molecule has 3 N–H and O–H groups in total. The number of urea groups is 1. The van der Waals surface area contributed by atoms with Gasteiger partial charge in [-0.3, -0.25) is 4.79 Å². The second-order valence-corrected chi connectivity index (χ2v) is 7.29. The lowest BCUT2D eigenvalue weighted by molar-refractivity contribution is -0.123. The average molecular weight is 388 g/mol. The number of hydrogen-bond donors (Lipinski definition) is 3. The van der Waals surface area contributed by atoms with Gasteiger partial charge in [0.15, 0.2) is 0 Å². The minimum Gasteiger partial charge on any atom is -0.508 e. The fourth-order valence-corrected chi connectivity index (χ4v) is 2.98. The number of amides is 3. The lowest BCUT2D eigenvalue weighted by Crippen LogP contribution is -2.55. The molecule has 1 heterocycles. The van der Waals surface area contributed by atoms with Crippen molar-refractivity contribution in [1.82, 2.24) is 15.5 Å². The Kier molecular flexibility index (Phi) is 8.08. The Morgan fingerprint density at radius 3 is 2.43 bits per heavy atom. The topological polar surface area (TPSA) is 115 Å². The van der Waals surface area contributed by atoms with Gasteiger partial charge in [-0.2, -0.15) is 5.26 Å². The van der Waals surface area contributed by atoms with Crippen LogP contribution in [0.3, 0.4) is 0 Å². The third-order valence-electron chi connectivity index (χ3n) is 4.47. The summed E-state index contributed by atoms with van der Waals surface area (Å²) >= 11 is 0. The first kappa shape index (κ1) is 21.5. The van der Waals surface area contributed by atoms with E-state index in [1.807, 2.05) is 13.8 Å². The van der Waals surface area contributed by atoms with Gasteiger partial charge in [0.25, 0.3) is 0 Å². The van der Waals surface area contributed by atoms with Crippen LogP contribution in [0.1, 0.15) is 25.8 Å². The van der Waals surface area contributed by atoms with Crippen molar-refractivity contribution in [3.8, 4) is 11.8 Å². The highest BCUT2D eigenvalue weighted by Crippen LogP contribution is 2.12. The molecule has 0 spiro atoms. The second-order valence-electron chi connectivity index (χ2n) is 7.29. The number of nitriles is 1. The van der Waals surface area contributed by atoms with Gasteiger partial charge in [-0.25, -0.2) is 4.79 Å². The first-order valence-electron chi connectivity index (χ1n) is 9.50. The molecule has 0 aliphatic carbocycles. The highest BCUT2D eigenvalue weighted by molar-refractivity contribution is 5.87. The Morgan fingerprint density at radius 1 is 1.21 bits per heavy atom. The van der Waals surface area contributed by atoms with E-state index < -0.39 is 12.1 Å². The summed E-state index contributed by atoms with van der Waals surface area (Å²) in [7, 11) is 0.